The van der Waals surface area contributed by atoms with Crippen molar-refractivity contribution in [2.24, 2.45) is 0 Å². The fraction of sp³-hybridized carbons (Fsp3) is 0.400. The molecule has 2 heterocycles. The third kappa shape index (κ3) is 7.52. The Bertz CT molecular complexity index is 1250. The van der Waals surface area contributed by atoms with E-state index >= 15 is 0 Å². The average molecular weight is 520 g/mol. The van der Waals surface area contributed by atoms with E-state index in [1.54, 1.807) is 6.20 Å². The van der Waals surface area contributed by atoms with Gasteiger partial charge in [-0.05, 0) is 69.4 Å². The maximum atomic E-state index is 14.5. The molecule has 4 rings (SSSR count). The van der Waals surface area contributed by atoms with Crippen LogP contribution in [0.3, 0.4) is 0 Å². The van der Waals surface area contributed by atoms with Gasteiger partial charge in [0, 0.05) is 48.7 Å². The van der Waals surface area contributed by atoms with Gasteiger partial charge in [0.25, 0.3) is 0 Å². The molecule has 0 aliphatic carbocycles. The Morgan fingerprint density at radius 2 is 1.97 bits per heavy atom. The van der Waals surface area contributed by atoms with E-state index in [1.165, 1.54) is 12.1 Å². The first-order chi connectivity index (χ1) is 18.4. The smallest absolute Gasteiger partial charge is 0.227 e. The summed E-state index contributed by atoms with van der Waals surface area (Å²) in [5, 5.41) is 3.33. The van der Waals surface area contributed by atoms with E-state index in [-0.39, 0.29) is 5.82 Å². The molecule has 0 radical (unpaired) electrons. The minimum atomic E-state index is -0.363. The van der Waals surface area contributed by atoms with Gasteiger partial charge in [0.1, 0.15) is 23.9 Å². The van der Waals surface area contributed by atoms with E-state index in [4.69, 9.17) is 14.5 Å². The highest BCUT2D eigenvalue weighted by Crippen LogP contribution is 2.29. The van der Waals surface area contributed by atoms with Gasteiger partial charge in [0.05, 0.1) is 12.3 Å². The lowest BCUT2D eigenvalue weighted by Gasteiger charge is -2.21. The minimum Gasteiger partial charge on any atom is -0.493 e. The zero-order valence-corrected chi connectivity index (χ0v) is 22.8. The van der Waals surface area contributed by atoms with Crippen molar-refractivity contribution in [3.05, 3.63) is 71.7 Å². The van der Waals surface area contributed by atoms with E-state index < -0.39 is 0 Å². The van der Waals surface area contributed by atoms with Crippen molar-refractivity contribution in [3.63, 3.8) is 0 Å². The Kier molecular flexibility index (Phi) is 9.67. The van der Waals surface area contributed by atoms with Crippen LogP contribution in [0, 0.1) is 12.7 Å². The highest BCUT2D eigenvalue weighted by Gasteiger charge is 2.13. The van der Waals surface area contributed by atoms with Crippen LogP contribution in [-0.2, 0) is 6.54 Å². The summed E-state index contributed by atoms with van der Waals surface area (Å²) < 4.78 is 26.5. The summed E-state index contributed by atoms with van der Waals surface area (Å²) in [5.74, 6) is 1.44. The van der Waals surface area contributed by atoms with Gasteiger partial charge in [-0.2, -0.15) is 0 Å². The van der Waals surface area contributed by atoms with Crippen LogP contribution in [0.1, 0.15) is 31.4 Å². The number of hydrogen-bond acceptors (Lipinski definition) is 7. The molecule has 1 aliphatic heterocycles. The molecular weight excluding hydrogens is 481 g/mol. The van der Waals surface area contributed by atoms with Crippen molar-refractivity contribution in [1.29, 1.82) is 0 Å². The molecule has 2 aromatic carbocycles. The molecule has 6 bridgehead atoms. The number of likely N-dealkylation sites (N-methyl/N-ethyl adjacent to an activating group) is 2. The normalized spacial score (nSPS) is 14.4. The Morgan fingerprint density at radius 3 is 2.79 bits per heavy atom. The van der Waals surface area contributed by atoms with Gasteiger partial charge >= 0.3 is 0 Å². The molecular formula is C30H38FN5O2. The van der Waals surface area contributed by atoms with Crippen LogP contribution >= 0.6 is 0 Å². The van der Waals surface area contributed by atoms with Crippen LogP contribution in [0.2, 0.25) is 0 Å². The monoisotopic (exact) mass is 519 g/mol. The second kappa shape index (κ2) is 13.3. The molecule has 0 spiro atoms. The zero-order valence-electron chi connectivity index (χ0n) is 22.8. The maximum Gasteiger partial charge on any atom is 0.227 e. The summed E-state index contributed by atoms with van der Waals surface area (Å²) >= 11 is 0. The van der Waals surface area contributed by atoms with E-state index in [0.29, 0.717) is 36.2 Å². The topological polar surface area (TPSA) is 62.8 Å². The molecule has 3 aromatic rings. The number of ether oxygens (including phenoxy) is 2. The lowest BCUT2D eigenvalue weighted by Crippen LogP contribution is -2.28. The van der Waals surface area contributed by atoms with Gasteiger partial charge in [-0.25, -0.2) is 14.4 Å². The summed E-state index contributed by atoms with van der Waals surface area (Å²) in [6.45, 7) is 11.7. The van der Waals surface area contributed by atoms with Gasteiger partial charge in [0.2, 0.25) is 5.95 Å². The summed E-state index contributed by atoms with van der Waals surface area (Å²) in [6, 6.07) is 10.8. The first-order valence-corrected chi connectivity index (χ1v) is 13.3. The van der Waals surface area contributed by atoms with E-state index in [1.807, 2.05) is 25.1 Å². The predicted octanol–water partition coefficient (Wildman–Crippen LogP) is 5.83. The summed E-state index contributed by atoms with van der Waals surface area (Å²) in [7, 11) is 2.09. The largest absolute Gasteiger partial charge is 0.493 e. The molecule has 1 aliphatic rings. The van der Waals surface area contributed by atoms with Gasteiger partial charge in [-0.15, -0.1) is 0 Å². The van der Waals surface area contributed by atoms with Crippen molar-refractivity contribution in [2.75, 3.05) is 51.8 Å². The predicted molar refractivity (Wildman–Crippen MR) is 151 cm³/mol. The number of benzene rings is 2. The number of rotatable bonds is 6. The van der Waals surface area contributed by atoms with Crippen molar-refractivity contribution < 1.29 is 13.9 Å². The van der Waals surface area contributed by atoms with Crippen LogP contribution in [0.15, 0.2) is 54.7 Å². The highest BCUT2D eigenvalue weighted by molar-refractivity contribution is 5.67. The minimum absolute atomic E-state index is 0.363. The standard InChI is InChI=1S/C30H38FN5O2/c1-5-36(6-2)13-15-38-28-11-10-26-17-24(28)21-35(4)12-8-7-9-14-37-27-18-23(16-25(31)19-27)29-22(3)20-32-30(33-26)34-29/h7-8,10-11,16-20H,5-6,9,12-15,21H2,1-4H3,(H,32,33,34). The summed E-state index contributed by atoms with van der Waals surface area (Å²) in [5.41, 5.74) is 4.10. The third-order valence-corrected chi connectivity index (χ3v) is 6.57. The van der Waals surface area contributed by atoms with Crippen molar-refractivity contribution in [3.8, 4) is 22.8 Å². The molecule has 0 unspecified atom stereocenters. The number of aryl methyl sites for hydroxylation is 1. The fourth-order valence-electron chi connectivity index (χ4n) is 4.42. The molecule has 38 heavy (non-hydrogen) atoms. The van der Waals surface area contributed by atoms with Crippen molar-refractivity contribution >= 4 is 11.6 Å². The number of hydrogen-bond donors (Lipinski definition) is 1. The molecule has 202 valence electrons. The fourth-order valence-corrected chi connectivity index (χ4v) is 4.42. The van der Waals surface area contributed by atoms with Gasteiger partial charge in [-0.3, -0.25) is 4.90 Å². The molecule has 1 aromatic heterocycles. The van der Waals surface area contributed by atoms with Gasteiger partial charge < -0.3 is 19.7 Å². The lowest BCUT2D eigenvalue weighted by atomic mass is 10.1. The van der Waals surface area contributed by atoms with E-state index in [9.17, 15) is 4.39 Å². The number of nitrogens with zero attached hydrogens (tertiary/aromatic N) is 4. The van der Waals surface area contributed by atoms with Crippen LogP contribution in [0.5, 0.6) is 11.5 Å². The van der Waals surface area contributed by atoms with Gasteiger partial charge in [-0.1, -0.05) is 26.0 Å². The summed E-state index contributed by atoms with van der Waals surface area (Å²) in [4.78, 5) is 13.8. The van der Waals surface area contributed by atoms with Crippen LogP contribution < -0.4 is 14.8 Å². The molecule has 7 nitrogen and oxygen atoms in total. The Balaban J connectivity index is 1.66. The number of aromatic nitrogens is 2. The molecule has 0 saturated heterocycles. The molecule has 0 fully saturated rings. The first kappa shape index (κ1) is 27.5. The number of anilines is 2. The summed E-state index contributed by atoms with van der Waals surface area (Å²) in [6.07, 6.45) is 6.71. The lowest BCUT2D eigenvalue weighted by molar-refractivity contribution is 0.220. The molecule has 0 atom stereocenters. The molecule has 8 heteroatoms. The Labute approximate surface area is 225 Å². The highest BCUT2D eigenvalue weighted by atomic mass is 19.1. The van der Waals surface area contributed by atoms with Crippen LogP contribution in [-0.4, -0.2) is 66.2 Å². The quantitative estimate of drug-likeness (QED) is 0.412. The van der Waals surface area contributed by atoms with Crippen LogP contribution in [0.25, 0.3) is 11.3 Å². The van der Waals surface area contributed by atoms with E-state index in [0.717, 1.165) is 61.7 Å². The third-order valence-electron chi connectivity index (χ3n) is 6.57. The zero-order chi connectivity index (χ0) is 26.9. The number of fused-ring (bicyclic) bond motifs is 7. The Morgan fingerprint density at radius 1 is 1.13 bits per heavy atom. The van der Waals surface area contributed by atoms with Crippen LogP contribution in [0.4, 0.5) is 16.0 Å². The van der Waals surface area contributed by atoms with E-state index in [2.05, 4.69) is 59.2 Å². The molecule has 1 N–H and O–H groups in total. The van der Waals surface area contributed by atoms with Crippen molar-refractivity contribution in [1.82, 2.24) is 19.8 Å². The average Bonchev–Trinajstić information content (AvgIpc) is 2.90. The Hall–Kier alpha value is -3.49. The first-order valence-electron chi connectivity index (χ1n) is 13.3. The van der Waals surface area contributed by atoms with Crippen molar-refractivity contribution in [2.45, 2.75) is 33.7 Å². The second-order valence-corrected chi connectivity index (χ2v) is 9.53. The molecule has 0 saturated carbocycles. The molecule has 0 amide bonds. The SMILES string of the molecule is CCN(CC)CCOc1ccc2cc1CN(C)CC=CCCOc1cc(F)cc(c1)-c1nc(ncc1C)N2. The number of halogens is 1. The van der Waals surface area contributed by atoms with Gasteiger partial charge in [0.15, 0.2) is 0 Å². The number of nitrogens with one attached hydrogen (secondary N) is 1. The second-order valence-electron chi connectivity index (χ2n) is 9.53. The maximum absolute atomic E-state index is 14.5.